The van der Waals surface area contributed by atoms with Gasteiger partial charge < -0.3 is 15.5 Å². The van der Waals surface area contributed by atoms with Gasteiger partial charge in [0.05, 0.1) is 23.1 Å². The van der Waals surface area contributed by atoms with Gasteiger partial charge in [-0.05, 0) is 43.2 Å². The van der Waals surface area contributed by atoms with E-state index in [-0.39, 0.29) is 37.4 Å². The molecule has 2 heterocycles. The van der Waals surface area contributed by atoms with Gasteiger partial charge in [-0.25, -0.2) is 8.78 Å². The molecule has 2 aromatic rings. The summed E-state index contributed by atoms with van der Waals surface area (Å²) in [6.07, 6.45) is -4.05. The first-order chi connectivity index (χ1) is 16.4. The number of carbonyl (C=O) groups is 2. The number of nitriles is 1. The first-order valence-corrected chi connectivity index (χ1v) is 10.8. The van der Waals surface area contributed by atoms with Crippen LogP contribution < -0.4 is 10.6 Å². The summed E-state index contributed by atoms with van der Waals surface area (Å²) < 4.78 is 67.4. The van der Waals surface area contributed by atoms with Gasteiger partial charge in [0.25, 0.3) is 5.91 Å². The van der Waals surface area contributed by atoms with E-state index in [1.807, 2.05) is 0 Å². The molecule has 0 bridgehead atoms. The molecule has 0 aliphatic carbocycles. The lowest BCUT2D eigenvalue weighted by Crippen LogP contribution is -2.49. The fourth-order valence-corrected chi connectivity index (χ4v) is 5.14. The molecule has 2 fully saturated rings. The lowest BCUT2D eigenvalue weighted by molar-refractivity contribution is -0.137. The quantitative estimate of drug-likeness (QED) is 0.662. The standard InChI is InChI=1S/C24H21F5N4O2/c25-16-7-15(8-17(26)9-16)22(35)32-5-3-23(4-6-32)13-33(12-20(23)21(31)34)18-2-1-14(11-30)19(10-18)24(27,28)29/h1-2,7-10,20H,3-6,12-13H2,(H2,31,34). The number of piperidine rings is 1. The summed E-state index contributed by atoms with van der Waals surface area (Å²) in [5, 5.41) is 9.04. The molecule has 2 aromatic carbocycles. The summed E-state index contributed by atoms with van der Waals surface area (Å²) in [5.74, 6) is -3.56. The number of nitrogens with zero attached hydrogens (tertiary/aromatic N) is 3. The van der Waals surface area contributed by atoms with E-state index in [1.54, 1.807) is 11.0 Å². The van der Waals surface area contributed by atoms with Crippen molar-refractivity contribution in [1.82, 2.24) is 4.90 Å². The van der Waals surface area contributed by atoms with Gasteiger partial charge in [0.2, 0.25) is 5.91 Å². The molecule has 184 valence electrons. The van der Waals surface area contributed by atoms with E-state index in [4.69, 9.17) is 11.0 Å². The monoisotopic (exact) mass is 492 g/mol. The second kappa shape index (κ2) is 8.83. The van der Waals surface area contributed by atoms with Crippen molar-refractivity contribution in [1.29, 1.82) is 5.26 Å². The summed E-state index contributed by atoms with van der Waals surface area (Å²) in [6.45, 7) is 0.716. The summed E-state index contributed by atoms with van der Waals surface area (Å²) in [5.41, 5.74) is 3.51. The number of hydrogen-bond acceptors (Lipinski definition) is 4. The van der Waals surface area contributed by atoms with E-state index < -0.39 is 52.1 Å². The highest BCUT2D eigenvalue weighted by Gasteiger charge is 2.51. The SMILES string of the molecule is N#Cc1ccc(N2CC(C(N)=O)C3(CCN(C(=O)c4cc(F)cc(F)c4)CC3)C2)cc1C(F)(F)F. The van der Waals surface area contributed by atoms with Crippen LogP contribution in [0.4, 0.5) is 27.6 Å². The fourth-order valence-electron chi connectivity index (χ4n) is 5.14. The van der Waals surface area contributed by atoms with Gasteiger partial charge in [-0.3, -0.25) is 9.59 Å². The van der Waals surface area contributed by atoms with Gasteiger partial charge in [0.1, 0.15) is 11.6 Å². The molecule has 0 radical (unpaired) electrons. The minimum absolute atomic E-state index is 0.0988. The van der Waals surface area contributed by atoms with Crippen LogP contribution in [0.1, 0.15) is 34.3 Å². The normalized spacial score (nSPS) is 19.6. The summed E-state index contributed by atoms with van der Waals surface area (Å²) >= 11 is 0. The number of rotatable bonds is 3. The van der Waals surface area contributed by atoms with E-state index in [9.17, 15) is 31.5 Å². The van der Waals surface area contributed by atoms with E-state index in [0.717, 1.165) is 24.3 Å². The molecule has 1 atom stereocenters. The molecule has 2 aliphatic rings. The van der Waals surface area contributed by atoms with Gasteiger partial charge in [-0.1, -0.05) is 0 Å². The van der Waals surface area contributed by atoms with Crippen molar-refractivity contribution in [2.45, 2.75) is 19.0 Å². The zero-order valence-corrected chi connectivity index (χ0v) is 18.4. The van der Waals surface area contributed by atoms with E-state index >= 15 is 0 Å². The zero-order chi connectivity index (χ0) is 25.5. The first kappa shape index (κ1) is 24.4. The molecule has 2 aliphatic heterocycles. The maximum atomic E-state index is 13.5. The maximum absolute atomic E-state index is 13.5. The van der Waals surface area contributed by atoms with Crippen LogP contribution in [0.3, 0.4) is 0 Å². The van der Waals surface area contributed by atoms with E-state index in [0.29, 0.717) is 18.9 Å². The van der Waals surface area contributed by atoms with Crippen LogP contribution in [-0.4, -0.2) is 42.9 Å². The number of carbonyl (C=O) groups excluding carboxylic acids is 2. The van der Waals surface area contributed by atoms with Crippen molar-refractivity contribution in [2.24, 2.45) is 17.1 Å². The Morgan fingerprint density at radius 2 is 1.69 bits per heavy atom. The van der Waals surface area contributed by atoms with Gasteiger partial charge in [-0.2, -0.15) is 18.4 Å². The topological polar surface area (TPSA) is 90.4 Å². The van der Waals surface area contributed by atoms with Crippen molar-refractivity contribution >= 4 is 17.5 Å². The molecule has 0 saturated carbocycles. The average molecular weight is 492 g/mol. The number of primary amides is 1. The molecule has 1 spiro atoms. The maximum Gasteiger partial charge on any atom is 0.417 e. The number of benzene rings is 2. The lowest BCUT2D eigenvalue weighted by atomic mass is 9.70. The third-order valence-corrected chi connectivity index (χ3v) is 6.94. The molecular weight excluding hydrogens is 471 g/mol. The molecule has 2 saturated heterocycles. The molecule has 1 unspecified atom stereocenters. The van der Waals surface area contributed by atoms with Crippen LogP contribution >= 0.6 is 0 Å². The largest absolute Gasteiger partial charge is 0.417 e. The molecule has 2 amide bonds. The molecule has 11 heteroatoms. The predicted molar refractivity (Wildman–Crippen MR) is 115 cm³/mol. The number of halogens is 5. The van der Waals surface area contributed by atoms with Gasteiger partial charge >= 0.3 is 6.18 Å². The molecule has 0 aromatic heterocycles. The minimum Gasteiger partial charge on any atom is -0.370 e. The Morgan fingerprint density at radius 1 is 1.06 bits per heavy atom. The van der Waals surface area contributed by atoms with Crippen molar-refractivity contribution in [3.8, 4) is 6.07 Å². The van der Waals surface area contributed by atoms with Gasteiger partial charge in [0, 0.05) is 48.9 Å². The number of amides is 2. The van der Waals surface area contributed by atoms with Crippen LogP contribution in [-0.2, 0) is 11.0 Å². The molecule has 35 heavy (non-hydrogen) atoms. The number of alkyl halides is 3. The second-order valence-electron chi connectivity index (χ2n) is 8.99. The summed E-state index contributed by atoms with van der Waals surface area (Å²) in [7, 11) is 0. The number of anilines is 1. The minimum atomic E-state index is -4.72. The summed E-state index contributed by atoms with van der Waals surface area (Å²) in [6, 6.07) is 7.50. The predicted octanol–water partition coefficient (Wildman–Crippen LogP) is 3.70. The van der Waals surface area contributed by atoms with Crippen molar-refractivity contribution in [3.05, 3.63) is 64.7 Å². The van der Waals surface area contributed by atoms with Crippen molar-refractivity contribution in [3.63, 3.8) is 0 Å². The third kappa shape index (κ3) is 4.65. The molecule has 4 rings (SSSR count). The zero-order valence-electron chi connectivity index (χ0n) is 18.4. The Kier molecular flexibility index (Phi) is 6.17. The average Bonchev–Trinajstić information content (AvgIpc) is 3.16. The van der Waals surface area contributed by atoms with Gasteiger partial charge in [-0.15, -0.1) is 0 Å². The fraction of sp³-hybridized carbons (Fsp3) is 0.375. The lowest BCUT2D eigenvalue weighted by Gasteiger charge is -2.41. The highest BCUT2D eigenvalue weighted by Crippen LogP contribution is 2.47. The highest BCUT2D eigenvalue weighted by molar-refractivity contribution is 5.94. The highest BCUT2D eigenvalue weighted by atomic mass is 19.4. The smallest absolute Gasteiger partial charge is 0.370 e. The second-order valence-corrected chi connectivity index (χ2v) is 8.99. The first-order valence-electron chi connectivity index (χ1n) is 10.8. The van der Waals surface area contributed by atoms with Crippen LogP contribution in [0.15, 0.2) is 36.4 Å². The number of hydrogen-bond donors (Lipinski definition) is 1. The Balaban J connectivity index is 1.55. The number of likely N-dealkylation sites (tertiary alicyclic amines) is 1. The van der Waals surface area contributed by atoms with E-state index in [2.05, 4.69) is 0 Å². The van der Waals surface area contributed by atoms with Crippen LogP contribution in [0, 0.1) is 34.3 Å². The number of nitrogens with two attached hydrogens (primary N) is 1. The Hall–Kier alpha value is -3.68. The van der Waals surface area contributed by atoms with Crippen molar-refractivity contribution < 1.29 is 31.5 Å². The Morgan fingerprint density at radius 3 is 2.23 bits per heavy atom. The van der Waals surface area contributed by atoms with Gasteiger partial charge in [0.15, 0.2) is 0 Å². The summed E-state index contributed by atoms with van der Waals surface area (Å²) in [4.78, 5) is 28.1. The Labute approximate surface area is 197 Å². The van der Waals surface area contributed by atoms with E-state index in [1.165, 1.54) is 11.0 Å². The molecule has 6 nitrogen and oxygen atoms in total. The van der Waals surface area contributed by atoms with Crippen LogP contribution in [0.5, 0.6) is 0 Å². The molecular formula is C24H21F5N4O2. The third-order valence-electron chi connectivity index (χ3n) is 6.94. The molecule has 2 N–H and O–H groups in total. The van der Waals surface area contributed by atoms with Crippen LogP contribution in [0.2, 0.25) is 0 Å². The van der Waals surface area contributed by atoms with Crippen molar-refractivity contribution in [2.75, 3.05) is 31.1 Å². The Bertz CT molecular complexity index is 1200. The van der Waals surface area contributed by atoms with Crippen LogP contribution in [0.25, 0.3) is 0 Å².